The lowest BCUT2D eigenvalue weighted by atomic mass is 10.2. The van der Waals surface area contributed by atoms with E-state index < -0.39 is 0 Å². The third-order valence-corrected chi connectivity index (χ3v) is 3.05. The van der Waals surface area contributed by atoms with Crippen molar-refractivity contribution in [2.45, 2.75) is 26.3 Å². The molecule has 17 heavy (non-hydrogen) atoms. The van der Waals surface area contributed by atoms with Crippen molar-refractivity contribution in [2.75, 3.05) is 11.1 Å². The standard InChI is InChI=1S/C12H16N4S/c1-2-4-11-15-12(17-16-11)14-8-9-5-3-6-10(13)7-9/h3,5-7H,2,4,8,13H2,1H3,(H,14,15,16). The van der Waals surface area contributed by atoms with Crippen LogP contribution in [0.3, 0.4) is 0 Å². The van der Waals surface area contributed by atoms with E-state index in [4.69, 9.17) is 5.73 Å². The highest BCUT2D eigenvalue weighted by Gasteiger charge is 2.02. The molecular formula is C12H16N4S. The summed E-state index contributed by atoms with van der Waals surface area (Å²) in [5, 5.41) is 4.13. The van der Waals surface area contributed by atoms with Crippen molar-refractivity contribution < 1.29 is 0 Å². The molecule has 90 valence electrons. The normalized spacial score (nSPS) is 10.4. The number of hydrogen-bond acceptors (Lipinski definition) is 5. The number of nitrogen functional groups attached to an aromatic ring is 1. The molecule has 1 aromatic carbocycles. The van der Waals surface area contributed by atoms with Crippen LogP contribution in [-0.2, 0) is 13.0 Å². The highest BCUT2D eigenvalue weighted by Crippen LogP contribution is 2.14. The monoisotopic (exact) mass is 248 g/mol. The van der Waals surface area contributed by atoms with Crippen molar-refractivity contribution in [1.29, 1.82) is 0 Å². The second-order valence-corrected chi connectivity index (χ2v) is 4.62. The smallest absolute Gasteiger partial charge is 0.202 e. The van der Waals surface area contributed by atoms with E-state index in [-0.39, 0.29) is 0 Å². The molecule has 2 aromatic rings. The fourth-order valence-electron chi connectivity index (χ4n) is 1.53. The molecule has 2 rings (SSSR count). The highest BCUT2D eigenvalue weighted by atomic mass is 32.1. The van der Waals surface area contributed by atoms with Crippen LogP contribution in [0.25, 0.3) is 0 Å². The van der Waals surface area contributed by atoms with Crippen LogP contribution >= 0.6 is 11.5 Å². The lowest BCUT2D eigenvalue weighted by molar-refractivity contribution is 0.861. The number of rotatable bonds is 5. The van der Waals surface area contributed by atoms with E-state index in [1.54, 1.807) is 0 Å². The number of aromatic nitrogens is 2. The van der Waals surface area contributed by atoms with Gasteiger partial charge in [0.05, 0.1) is 0 Å². The van der Waals surface area contributed by atoms with E-state index in [0.717, 1.165) is 41.6 Å². The average Bonchev–Trinajstić information content (AvgIpc) is 2.75. The van der Waals surface area contributed by atoms with E-state index in [1.807, 2.05) is 24.3 Å². The van der Waals surface area contributed by atoms with Crippen LogP contribution in [0.15, 0.2) is 24.3 Å². The SMILES string of the molecule is CCCc1nsc(NCc2cccc(N)c2)n1. The van der Waals surface area contributed by atoms with Crippen molar-refractivity contribution in [3.05, 3.63) is 35.7 Å². The number of nitrogens with two attached hydrogens (primary N) is 1. The molecule has 0 spiro atoms. The lowest BCUT2D eigenvalue weighted by Gasteiger charge is -2.02. The maximum atomic E-state index is 5.72. The molecule has 0 fully saturated rings. The molecule has 5 heteroatoms. The quantitative estimate of drug-likeness (QED) is 0.798. The van der Waals surface area contributed by atoms with Crippen molar-refractivity contribution in [2.24, 2.45) is 0 Å². The molecule has 1 aromatic heterocycles. The molecule has 4 nitrogen and oxygen atoms in total. The van der Waals surface area contributed by atoms with Gasteiger partial charge in [-0.3, -0.25) is 0 Å². The van der Waals surface area contributed by atoms with Crippen LogP contribution in [0.4, 0.5) is 10.8 Å². The molecule has 0 bridgehead atoms. The molecule has 0 aliphatic carbocycles. The summed E-state index contributed by atoms with van der Waals surface area (Å²) in [6.45, 7) is 2.85. The zero-order valence-electron chi connectivity index (χ0n) is 9.81. The average molecular weight is 248 g/mol. The van der Waals surface area contributed by atoms with Crippen LogP contribution in [0.2, 0.25) is 0 Å². The van der Waals surface area contributed by atoms with Gasteiger partial charge in [0.1, 0.15) is 5.82 Å². The Morgan fingerprint density at radius 2 is 2.29 bits per heavy atom. The number of nitrogens with one attached hydrogen (secondary N) is 1. The highest BCUT2D eigenvalue weighted by molar-refractivity contribution is 7.09. The first-order chi connectivity index (χ1) is 8.28. The van der Waals surface area contributed by atoms with Gasteiger partial charge in [-0.1, -0.05) is 19.1 Å². The summed E-state index contributed by atoms with van der Waals surface area (Å²) in [4.78, 5) is 4.40. The van der Waals surface area contributed by atoms with E-state index in [0.29, 0.717) is 0 Å². The summed E-state index contributed by atoms with van der Waals surface area (Å²) < 4.78 is 4.28. The Hall–Kier alpha value is -1.62. The van der Waals surface area contributed by atoms with Gasteiger partial charge in [-0.2, -0.15) is 4.37 Å². The van der Waals surface area contributed by atoms with Crippen LogP contribution < -0.4 is 11.1 Å². The van der Waals surface area contributed by atoms with Crippen molar-refractivity contribution in [3.63, 3.8) is 0 Å². The molecule has 0 unspecified atom stereocenters. The van der Waals surface area contributed by atoms with Gasteiger partial charge in [-0.25, -0.2) is 4.98 Å². The summed E-state index contributed by atoms with van der Waals surface area (Å²) in [5.41, 5.74) is 7.65. The van der Waals surface area contributed by atoms with Crippen LogP contribution in [0.5, 0.6) is 0 Å². The topological polar surface area (TPSA) is 63.8 Å². The van der Waals surface area contributed by atoms with E-state index in [9.17, 15) is 0 Å². The van der Waals surface area contributed by atoms with Gasteiger partial charge in [0.15, 0.2) is 0 Å². The van der Waals surface area contributed by atoms with Crippen molar-refractivity contribution in [1.82, 2.24) is 9.36 Å². The summed E-state index contributed by atoms with van der Waals surface area (Å²) in [5.74, 6) is 0.924. The molecule has 0 radical (unpaired) electrons. The maximum Gasteiger partial charge on any atom is 0.202 e. The van der Waals surface area contributed by atoms with Crippen LogP contribution in [-0.4, -0.2) is 9.36 Å². The first-order valence-electron chi connectivity index (χ1n) is 5.69. The van der Waals surface area contributed by atoms with Crippen LogP contribution in [0.1, 0.15) is 24.7 Å². The number of anilines is 2. The Bertz CT molecular complexity index is 481. The molecule has 0 saturated heterocycles. The van der Waals surface area contributed by atoms with E-state index in [1.165, 1.54) is 11.5 Å². The first kappa shape index (κ1) is 11.9. The number of benzene rings is 1. The van der Waals surface area contributed by atoms with Gasteiger partial charge >= 0.3 is 0 Å². The van der Waals surface area contributed by atoms with E-state index >= 15 is 0 Å². The Kier molecular flexibility index (Phi) is 3.93. The van der Waals surface area contributed by atoms with Gasteiger partial charge < -0.3 is 11.1 Å². The Balaban J connectivity index is 1.93. The summed E-state index contributed by atoms with van der Waals surface area (Å²) in [6.07, 6.45) is 2.02. The Labute approximate surface area is 105 Å². The summed E-state index contributed by atoms with van der Waals surface area (Å²) >= 11 is 1.41. The minimum Gasteiger partial charge on any atom is -0.399 e. The van der Waals surface area contributed by atoms with Gasteiger partial charge in [-0.05, 0) is 24.1 Å². The van der Waals surface area contributed by atoms with Crippen LogP contribution in [0, 0.1) is 0 Å². The molecule has 0 saturated carbocycles. The Morgan fingerprint density at radius 1 is 1.41 bits per heavy atom. The molecule has 0 atom stereocenters. The van der Waals surface area contributed by atoms with Gasteiger partial charge in [-0.15, -0.1) is 0 Å². The predicted molar refractivity (Wildman–Crippen MR) is 72.1 cm³/mol. The largest absolute Gasteiger partial charge is 0.399 e. The number of hydrogen-bond donors (Lipinski definition) is 2. The van der Waals surface area contributed by atoms with Crippen molar-refractivity contribution >= 4 is 22.4 Å². The predicted octanol–water partition coefficient (Wildman–Crippen LogP) is 2.68. The van der Waals surface area contributed by atoms with Gasteiger partial charge in [0.2, 0.25) is 5.13 Å². The second-order valence-electron chi connectivity index (χ2n) is 3.86. The third-order valence-electron chi connectivity index (χ3n) is 2.34. The first-order valence-corrected chi connectivity index (χ1v) is 6.46. The summed E-state index contributed by atoms with van der Waals surface area (Å²) in [6, 6.07) is 7.83. The third kappa shape index (κ3) is 3.42. The number of nitrogens with zero attached hydrogens (tertiary/aromatic N) is 2. The van der Waals surface area contributed by atoms with Crippen molar-refractivity contribution in [3.8, 4) is 0 Å². The minimum absolute atomic E-state index is 0.728. The fraction of sp³-hybridized carbons (Fsp3) is 0.333. The maximum absolute atomic E-state index is 5.72. The molecule has 0 amide bonds. The van der Waals surface area contributed by atoms with E-state index in [2.05, 4.69) is 21.6 Å². The molecule has 0 aliphatic rings. The van der Waals surface area contributed by atoms with Gasteiger partial charge in [0.25, 0.3) is 0 Å². The zero-order valence-corrected chi connectivity index (χ0v) is 10.6. The number of aryl methyl sites for hydroxylation is 1. The Morgan fingerprint density at radius 3 is 3.06 bits per heavy atom. The zero-order chi connectivity index (χ0) is 12.1. The van der Waals surface area contributed by atoms with Gasteiger partial charge in [0, 0.05) is 30.2 Å². The minimum atomic E-state index is 0.728. The molecule has 3 N–H and O–H groups in total. The summed E-state index contributed by atoms with van der Waals surface area (Å²) in [7, 11) is 0. The molecule has 1 heterocycles. The second kappa shape index (κ2) is 5.63. The fourth-order valence-corrected chi connectivity index (χ4v) is 2.14. The molecular weight excluding hydrogens is 232 g/mol. The molecule has 0 aliphatic heterocycles. The lowest BCUT2D eigenvalue weighted by Crippen LogP contribution is -2.00.